The number of rotatable bonds is 3. The molecule has 0 bridgehead atoms. The fraction of sp³-hybridized carbons (Fsp3) is 0.100. The fourth-order valence-corrected chi connectivity index (χ4v) is 3.88. The smallest absolute Gasteiger partial charge is 0.416 e. The molecule has 142 valence electrons. The van der Waals surface area contributed by atoms with Crippen molar-refractivity contribution in [1.29, 1.82) is 0 Å². The van der Waals surface area contributed by atoms with Crippen molar-refractivity contribution in [3.8, 4) is 5.88 Å². The predicted molar refractivity (Wildman–Crippen MR) is 103 cm³/mol. The summed E-state index contributed by atoms with van der Waals surface area (Å²) in [6, 6.07) is 12.4. The van der Waals surface area contributed by atoms with E-state index in [1.807, 2.05) is 24.3 Å². The highest BCUT2D eigenvalue weighted by molar-refractivity contribution is 7.10. The summed E-state index contributed by atoms with van der Waals surface area (Å²) in [6.07, 6.45) is -1.30. The molecule has 3 aromatic rings. The fourth-order valence-electron chi connectivity index (χ4n) is 3.05. The van der Waals surface area contributed by atoms with Crippen molar-refractivity contribution >= 4 is 34.9 Å². The normalized spacial score (nSPS) is 14.6. The van der Waals surface area contributed by atoms with Crippen LogP contribution >= 0.6 is 11.3 Å². The third-order valence-electron chi connectivity index (χ3n) is 4.39. The van der Waals surface area contributed by atoms with Gasteiger partial charge in [0, 0.05) is 17.4 Å². The van der Waals surface area contributed by atoms with E-state index < -0.39 is 16.6 Å². The van der Waals surface area contributed by atoms with Crippen molar-refractivity contribution < 1.29 is 18.3 Å². The summed E-state index contributed by atoms with van der Waals surface area (Å²) in [6.45, 7) is -0.370. The maximum absolute atomic E-state index is 13.2. The van der Waals surface area contributed by atoms with Crippen LogP contribution in [0.15, 0.2) is 58.3 Å². The maximum Gasteiger partial charge on any atom is 0.416 e. The molecule has 1 aliphatic heterocycles. The lowest BCUT2D eigenvalue weighted by atomic mass is 10.1. The van der Waals surface area contributed by atoms with Crippen molar-refractivity contribution in [1.82, 2.24) is 4.57 Å². The summed E-state index contributed by atoms with van der Waals surface area (Å²) in [5, 5.41) is 10.5. The molecule has 1 aromatic heterocycles. The van der Waals surface area contributed by atoms with E-state index in [1.54, 1.807) is 12.3 Å². The molecule has 4 rings (SSSR count). The summed E-state index contributed by atoms with van der Waals surface area (Å²) in [5.41, 5.74) is 1.44. The molecule has 0 saturated heterocycles. The van der Waals surface area contributed by atoms with Gasteiger partial charge < -0.3 is 5.11 Å². The SMILES string of the molecule is O=c1sc(C=C2C=Nc3ccccc32)c(O)n1Cc1ccccc1C(F)(F)F. The molecule has 8 heteroatoms. The second-order valence-corrected chi connectivity index (χ2v) is 7.17. The quantitative estimate of drug-likeness (QED) is 0.675. The van der Waals surface area contributed by atoms with Gasteiger partial charge in [0.25, 0.3) is 0 Å². The average molecular weight is 402 g/mol. The van der Waals surface area contributed by atoms with E-state index in [0.29, 0.717) is 0 Å². The molecule has 0 aliphatic carbocycles. The highest BCUT2D eigenvalue weighted by Gasteiger charge is 2.33. The van der Waals surface area contributed by atoms with Gasteiger partial charge in [-0.15, -0.1) is 0 Å². The summed E-state index contributed by atoms with van der Waals surface area (Å²) in [4.78, 5) is 16.3. The first kappa shape index (κ1) is 18.2. The first-order valence-corrected chi connectivity index (χ1v) is 9.09. The van der Waals surface area contributed by atoms with Crippen LogP contribution in [0, 0.1) is 0 Å². The minimum absolute atomic E-state index is 0.0859. The molecule has 2 heterocycles. The third-order valence-corrected chi connectivity index (χ3v) is 5.30. The third kappa shape index (κ3) is 3.27. The lowest BCUT2D eigenvalue weighted by molar-refractivity contribution is -0.138. The van der Waals surface area contributed by atoms with Crippen LogP contribution in [0.4, 0.5) is 18.9 Å². The number of allylic oxidation sites excluding steroid dienone is 1. The predicted octanol–water partition coefficient (Wildman–Crippen LogP) is 4.94. The Morgan fingerprint density at radius 2 is 1.82 bits per heavy atom. The van der Waals surface area contributed by atoms with Gasteiger partial charge in [0.05, 0.1) is 22.7 Å². The van der Waals surface area contributed by atoms with E-state index in [4.69, 9.17) is 0 Å². The maximum atomic E-state index is 13.2. The molecular formula is C20H13F3N2O2S. The second-order valence-electron chi connectivity index (χ2n) is 6.17. The standard InChI is InChI=1S/C20H13F3N2O2S/c21-20(22,23)15-7-3-1-5-12(15)11-25-18(26)17(28-19(25)27)9-13-10-24-16-8-4-2-6-14(13)16/h1-10,26H,11H2. The molecule has 0 amide bonds. The van der Waals surface area contributed by atoms with Crippen LogP contribution in [0.25, 0.3) is 11.6 Å². The summed E-state index contributed by atoms with van der Waals surface area (Å²) in [7, 11) is 0. The number of aliphatic imine (C=N–C) groups is 1. The zero-order valence-corrected chi connectivity index (χ0v) is 15.1. The zero-order chi connectivity index (χ0) is 19.9. The lowest BCUT2D eigenvalue weighted by Crippen LogP contribution is -2.17. The molecule has 0 radical (unpaired) electrons. The van der Waals surface area contributed by atoms with Crippen LogP contribution in [-0.2, 0) is 12.7 Å². The average Bonchev–Trinajstić information content (AvgIpc) is 3.18. The lowest BCUT2D eigenvalue weighted by Gasteiger charge is -2.13. The van der Waals surface area contributed by atoms with E-state index in [2.05, 4.69) is 4.99 Å². The number of fused-ring (bicyclic) bond motifs is 1. The minimum Gasteiger partial charge on any atom is -0.493 e. The molecule has 1 aliphatic rings. The van der Waals surface area contributed by atoms with E-state index in [9.17, 15) is 23.1 Å². The molecule has 1 N–H and O–H groups in total. The second kappa shape index (κ2) is 6.79. The van der Waals surface area contributed by atoms with Crippen molar-refractivity contribution in [2.45, 2.75) is 12.7 Å². The number of halogens is 3. The van der Waals surface area contributed by atoms with Gasteiger partial charge in [-0.3, -0.25) is 14.4 Å². The Hall–Kier alpha value is -3.13. The molecule has 28 heavy (non-hydrogen) atoms. The van der Waals surface area contributed by atoms with Gasteiger partial charge in [0.15, 0.2) is 0 Å². The molecule has 0 fully saturated rings. The van der Waals surface area contributed by atoms with Crippen molar-refractivity contribution in [3.05, 3.63) is 79.8 Å². The van der Waals surface area contributed by atoms with Gasteiger partial charge in [-0.2, -0.15) is 13.2 Å². The minimum atomic E-state index is -4.54. The Morgan fingerprint density at radius 3 is 2.61 bits per heavy atom. The number of hydrogen-bond acceptors (Lipinski definition) is 4. The van der Waals surface area contributed by atoms with Gasteiger partial charge in [0.1, 0.15) is 0 Å². The van der Waals surface area contributed by atoms with Crippen molar-refractivity contribution in [2.75, 3.05) is 0 Å². The topological polar surface area (TPSA) is 54.6 Å². The number of nitrogens with zero attached hydrogens (tertiary/aromatic N) is 2. The van der Waals surface area contributed by atoms with Gasteiger partial charge in [0.2, 0.25) is 5.88 Å². The highest BCUT2D eigenvalue weighted by atomic mass is 32.1. The number of aromatic nitrogens is 1. The Kier molecular flexibility index (Phi) is 4.43. The first-order chi connectivity index (χ1) is 13.3. The van der Waals surface area contributed by atoms with E-state index >= 15 is 0 Å². The number of benzene rings is 2. The molecule has 2 aromatic carbocycles. The molecule has 0 saturated carbocycles. The number of hydrogen-bond donors (Lipinski definition) is 1. The Bertz CT molecular complexity index is 1170. The van der Waals surface area contributed by atoms with Crippen LogP contribution in [0.5, 0.6) is 5.88 Å². The molecule has 4 nitrogen and oxygen atoms in total. The summed E-state index contributed by atoms with van der Waals surface area (Å²) in [5.74, 6) is -0.364. The van der Waals surface area contributed by atoms with Crippen LogP contribution in [0.3, 0.4) is 0 Å². The van der Waals surface area contributed by atoms with Gasteiger partial charge in [-0.25, -0.2) is 0 Å². The number of aromatic hydroxyl groups is 1. The van der Waals surface area contributed by atoms with Crippen molar-refractivity contribution in [3.63, 3.8) is 0 Å². The molecule has 0 atom stereocenters. The number of thiazole rings is 1. The van der Waals surface area contributed by atoms with Gasteiger partial charge in [-0.1, -0.05) is 47.7 Å². The van der Waals surface area contributed by atoms with Crippen LogP contribution in [-0.4, -0.2) is 15.9 Å². The first-order valence-electron chi connectivity index (χ1n) is 8.27. The summed E-state index contributed by atoms with van der Waals surface area (Å²) >= 11 is 0.773. The van der Waals surface area contributed by atoms with E-state index in [-0.39, 0.29) is 22.9 Å². The van der Waals surface area contributed by atoms with Crippen LogP contribution in [0.2, 0.25) is 0 Å². The number of alkyl halides is 3. The largest absolute Gasteiger partial charge is 0.493 e. The van der Waals surface area contributed by atoms with Crippen molar-refractivity contribution in [2.24, 2.45) is 4.99 Å². The Morgan fingerprint density at radius 1 is 1.11 bits per heavy atom. The number of para-hydroxylation sites is 1. The Balaban J connectivity index is 1.72. The zero-order valence-electron chi connectivity index (χ0n) is 14.3. The van der Waals surface area contributed by atoms with E-state index in [1.165, 1.54) is 18.2 Å². The van der Waals surface area contributed by atoms with Gasteiger partial charge >= 0.3 is 11.0 Å². The molecule has 0 unspecified atom stereocenters. The summed E-state index contributed by atoms with van der Waals surface area (Å²) < 4.78 is 40.5. The monoisotopic (exact) mass is 402 g/mol. The molecular weight excluding hydrogens is 389 g/mol. The van der Waals surface area contributed by atoms with E-state index in [0.717, 1.165) is 38.8 Å². The van der Waals surface area contributed by atoms with Crippen LogP contribution in [0.1, 0.15) is 21.6 Å². The van der Waals surface area contributed by atoms with Crippen LogP contribution < -0.4 is 4.87 Å². The highest BCUT2D eigenvalue weighted by Crippen LogP contribution is 2.35. The molecule has 0 spiro atoms. The Labute approximate surface area is 161 Å². The van der Waals surface area contributed by atoms with Gasteiger partial charge in [-0.05, 0) is 23.8 Å².